The Morgan fingerprint density at radius 2 is 1.73 bits per heavy atom. The Bertz CT molecular complexity index is 1030. The smallest absolute Gasteiger partial charge is 0.413 e. The van der Waals surface area contributed by atoms with Crippen molar-refractivity contribution in [1.29, 1.82) is 0 Å². The third-order valence-corrected chi connectivity index (χ3v) is 4.98. The summed E-state index contributed by atoms with van der Waals surface area (Å²) in [6.45, 7) is 5.14. The summed E-state index contributed by atoms with van der Waals surface area (Å²) < 4.78 is 21.7. The van der Waals surface area contributed by atoms with Crippen LogP contribution in [0.4, 0.5) is 10.5 Å². The molecule has 33 heavy (non-hydrogen) atoms. The predicted octanol–water partition coefficient (Wildman–Crippen LogP) is 4.15. The molecule has 1 amide bonds. The second-order valence-corrected chi connectivity index (χ2v) is 8.39. The average Bonchev–Trinajstić information content (AvgIpc) is 3.18. The second-order valence-electron chi connectivity index (χ2n) is 8.39. The first-order chi connectivity index (χ1) is 15.6. The lowest BCUT2D eigenvalue weighted by molar-refractivity contribution is -0.385. The molecule has 0 spiro atoms. The molecule has 2 aromatic carbocycles. The zero-order chi connectivity index (χ0) is 24.3. The molecule has 1 saturated heterocycles. The van der Waals surface area contributed by atoms with Crippen LogP contribution in [0.25, 0.3) is 0 Å². The number of carbonyl (C=O) groups excluding carboxylic acids is 2. The molecule has 0 saturated carbocycles. The van der Waals surface area contributed by atoms with Crippen molar-refractivity contribution < 1.29 is 33.5 Å². The second kappa shape index (κ2) is 9.45. The number of hydrogen-bond donors (Lipinski definition) is 0. The third-order valence-electron chi connectivity index (χ3n) is 4.98. The Labute approximate surface area is 191 Å². The van der Waals surface area contributed by atoms with Gasteiger partial charge in [0.2, 0.25) is 0 Å². The van der Waals surface area contributed by atoms with Gasteiger partial charge in [-0.25, -0.2) is 9.59 Å². The van der Waals surface area contributed by atoms with Gasteiger partial charge in [0.25, 0.3) is 5.69 Å². The Hall–Kier alpha value is -3.66. The van der Waals surface area contributed by atoms with E-state index in [2.05, 4.69) is 0 Å². The molecule has 0 bridgehead atoms. The Morgan fingerprint density at radius 3 is 2.27 bits per heavy atom. The summed E-state index contributed by atoms with van der Waals surface area (Å²) in [6, 6.07) is 11.5. The Balaban J connectivity index is 2.15. The van der Waals surface area contributed by atoms with E-state index in [4.69, 9.17) is 18.9 Å². The molecule has 1 fully saturated rings. The molecule has 2 aromatic rings. The van der Waals surface area contributed by atoms with Crippen LogP contribution in [0.2, 0.25) is 0 Å². The molecule has 0 aromatic heterocycles. The molecule has 1 heterocycles. The molecule has 10 heteroatoms. The van der Waals surface area contributed by atoms with Crippen molar-refractivity contribution in [3.05, 3.63) is 69.8 Å². The van der Waals surface area contributed by atoms with Gasteiger partial charge in [0.05, 0.1) is 19.1 Å². The SMILES string of the molecule is COC(=O)[C@@H]1O[C@H](c2ccc(OC)cc2)N(C(=O)OC(C)(C)C)[C@H]1c1cccc([N+](=O)[O-])c1. The summed E-state index contributed by atoms with van der Waals surface area (Å²) in [4.78, 5) is 38.1. The minimum atomic E-state index is -1.24. The fourth-order valence-electron chi connectivity index (χ4n) is 3.56. The minimum Gasteiger partial charge on any atom is -0.497 e. The molecule has 0 unspecified atom stereocenters. The highest BCUT2D eigenvalue weighted by atomic mass is 16.6. The van der Waals surface area contributed by atoms with Crippen LogP contribution in [0, 0.1) is 10.1 Å². The number of rotatable bonds is 5. The number of benzene rings is 2. The lowest BCUT2D eigenvalue weighted by Gasteiger charge is -2.31. The maximum Gasteiger partial charge on any atom is 0.413 e. The van der Waals surface area contributed by atoms with Crippen LogP contribution < -0.4 is 4.74 Å². The third kappa shape index (κ3) is 5.23. The molecule has 10 nitrogen and oxygen atoms in total. The van der Waals surface area contributed by atoms with Crippen LogP contribution >= 0.6 is 0 Å². The summed E-state index contributed by atoms with van der Waals surface area (Å²) >= 11 is 0. The molecule has 0 radical (unpaired) electrons. The number of ether oxygens (including phenoxy) is 4. The van der Waals surface area contributed by atoms with E-state index >= 15 is 0 Å². The van der Waals surface area contributed by atoms with Crippen molar-refractivity contribution >= 4 is 17.7 Å². The number of non-ortho nitro benzene ring substituents is 1. The van der Waals surface area contributed by atoms with E-state index in [0.717, 1.165) is 0 Å². The number of esters is 1. The number of hydrogen-bond acceptors (Lipinski definition) is 8. The van der Waals surface area contributed by atoms with E-state index in [-0.39, 0.29) is 5.69 Å². The molecule has 1 aliphatic rings. The van der Waals surface area contributed by atoms with Gasteiger partial charge in [-0.3, -0.25) is 15.0 Å². The lowest BCUT2D eigenvalue weighted by Crippen LogP contribution is -2.40. The zero-order valence-electron chi connectivity index (χ0n) is 19.0. The quantitative estimate of drug-likeness (QED) is 0.373. The molecule has 176 valence electrons. The highest BCUT2D eigenvalue weighted by Crippen LogP contribution is 2.45. The van der Waals surface area contributed by atoms with Crippen molar-refractivity contribution in [2.24, 2.45) is 0 Å². The van der Waals surface area contributed by atoms with Gasteiger partial charge >= 0.3 is 12.1 Å². The lowest BCUT2D eigenvalue weighted by atomic mass is 10.00. The number of nitro groups is 1. The van der Waals surface area contributed by atoms with E-state index in [1.165, 1.54) is 37.3 Å². The normalized spacial score (nSPS) is 20.3. The van der Waals surface area contributed by atoms with Gasteiger partial charge in [-0.15, -0.1) is 0 Å². The van der Waals surface area contributed by atoms with Gasteiger partial charge in [-0.1, -0.05) is 24.3 Å². The first kappa shape index (κ1) is 24.0. The first-order valence-electron chi connectivity index (χ1n) is 10.2. The highest BCUT2D eigenvalue weighted by molar-refractivity contribution is 5.79. The molecule has 3 atom stereocenters. The van der Waals surface area contributed by atoms with E-state index in [9.17, 15) is 19.7 Å². The summed E-state index contributed by atoms with van der Waals surface area (Å²) in [5.41, 5.74) is -0.129. The van der Waals surface area contributed by atoms with E-state index in [0.29, 0.717) is 16.9 Å². The molecule has 3 rings (SSSR count). The maximum absolute atomic E-state index is 13.3. The zero-order valence-corrected chi connectivity index (χ0v) is 19.0. The van der Waals surface area contributed by atoms with Crippen molar-refractivity contribution in [2.75, 3.05) is 14.2 Å². The van der Waals surface area contributed by atoms with Crippen LogP contribution in [0.15, 0.2) is 48.5 Å². The summed E-state index contributed by atoms with van der Waals surface area (Å²) in [5, 5.41) is 11.4. The van der Waals surface area contributed by atoms with Crippen molar-refractivity contribution in [2.45, 2.75) is 44.7 Å². The van der Waals surface area contributed by atoms with Crippen molar-refractivity contribution in [3.63, 3.8) is 0 Å². The predicted molar refractivity (Wildman–Crippen MR) is 117 cm³/mol. The Morgan fingerprint density at radius 1 is 1.06 bits per heavy atom. The number of carbonyl (C=O) groups is 2. The van der Waals surface area contributed by atoms with Gasteiger partial charge in [-0.2, -0.15) is 0 Å². The fourth-order valence-corrected chi connectivity index (χ4v) is 3.56. The van der Waals surface area contributed by atoms with Gasteiger partial charge in [0, 0.05) is 17.7 Å². The number of nitrogens with zero attached hydrogens (tertiary/aromatic N) is 2. The fraction of sp³-hybridized carbons (Fsp3) is 0.391. The summed E-state index contributed by atoms with van der Waals surface area (Å²) in [7, 11) is 2.73. The van der Waals surface area contributed by atoms with Crippen molar-refractivity contribution in [3.8, 4) is 5.75 Å². The van der Waals surface area contributed by atoms with Crippen LogP contribution in [-0.4, -0.2) is 47.8 Å². The largest absolute Gasteiger partial charge is 0.497 e. The number of nitro benzene ring substituents is 1. The molecular formula is C23H26N2O8. The average molecular weight is 458 g/mol. The van der Waals surface area contributed by atoms with Gasteiger partial charge in [-0.05, 0) is 38.5 Å². The monoisotopic (exact) mass is 458 g/mol. The van der Waals surface area contributed by atoms with Crippen LogP contribution in [0.3, 0.4) is 0 Å². The standard InChI is InChI=1S/C23H26N2O8/c1-23(2,3)33-22(27)24-18(15-7-6-8-16(13-15)25(28)29)19(21(26)31-5)32-20(24)14-9-11-17(30-4)12-10-14/h6-13,18-20H,1-5H3/t18-,19+,20+/m0/s1. The topological polar surface area (TPSA) is 117 Å². The van der Waals surface area contributed by atoms with Crippen LogP contribution in [0.5, 0.6) is 5.75 Å². The molecule has 0 N–H and O–H groups in total. The van der Waals surface area contributed by atoms with E-state index in [1.54, 1.807) is 51.1 Å². The highest BCUT2D eigenvalue weighted by Gasteiger charge is 2.51. The van der Waals surface area contributed by atoms with Crippen LogP contribution in [-0.2, 0) is 19.0 Å². The van der Waals surface area contributed by atoms with Gasteiger partial charge < -0.3 is 18.9 Å². The van der Waals surface area contributed by atoms with Gasteiger partial charge in [0.15, 0.2) is 12.3 Å². The molecule has 0 aliphatic carbocycles. The van der Waals surface area contributed by atoms with E-state index < -0.39 is 41.0 Å². The number of methoxy groups -OCH3 is 2. The van der Waals surface area contributed by atoms with Crippen LogP contribution in [0.1, 0.15) is 44.2 Å². The maximum atomic E-state index is 13.3. The Kier molecular flexibility index (Phi) is 6.87. The van der Waals surface area contributed by atoms with Crippen molar-refractivity contribution in [1.82, 2.24) is 4.90 Å². The summed E-state index contributed by atoms with van der Waals surface area (Å²) in [6.07, 6.45) is -3.00. The minimum absolute atomic E-state index is 0.187. The van der Waals surface area contributed by atoms with E-state index in [1.807, 2.05) is 0 Å². The molecular weight excluding hydrogens is 432 g/mol. The first-order valence-corrected chi connectivity index (χ1v) is 10.2. The summed E-state index contributed by atoms with van der Waals surface area (Å²) in [5.74, 6) is -0.128. The van der Waals surface area contributed by atoms with Gasteiger partial charge in [0.1, 0.15) is 17.4 Å². The number of amides is 1. The molecule has 1 aliphatic heterocycles.